The molecule has 4 aromatic rings. The first-order valence-electron chi connectivity index (χ1n) is 9.40. The van der Waals surface area contributed by atoms with Crippen LogP contribution >= 0.6 is 0 Å². The molecule has 0 bridgehead atoms. The number of nitrogen functional groups attached to an aromatic ring is 1. The quantitative estimate of drug-likeness (QED) is 0.569. The second kappa shape index (κ2) is 6.50. The lowest BCUT2D eigenvalue weighted by Crippen LogP contribution is -2.13. The number of benzene rings is 1. The lowest BCUT2D eigenvalue weighted by Gasteiger charge is -2.23. The SMILES string of the molecule is Nc1nc(Nc2ccc3ncccc3c2)nc2c1ncn2C1CCCCC1. The zero-order chi connectivity index (χ0) is 18.2. The van der Waals surface area contributed by atoms with Gasteiger partial charge < -0.3 is 15.6 Å². The van der Waals surface area contributed by atoms with Crippen molar-refractivity contribution >= 4 is 39.5 Å². The molecule has 7 heteroatoms. The molecule has 1 aliphatic carbocycles. The molecule has 0 aliphatic heterocycles. The molecule has 3 heterocycles. The van der Waals surface area contributed by atoms with Gasteiger partial charge in [-0.1, -0.05) is 25.3 Å². The minimum absolute atomic E-state index is 0.402. The Hall–Kier alpha value is -3.22. The minimum atomic E-state index is 0.402. The lowest BCUT2D eigenvalue weighted by molar-refractivity contribution is 0.358. The van der Waals surface area contributed by atoms with E-state index in [1.807, 2.05) is 36.7 Å². The maximum absolute atomic E-state index is 6.17. The van der Waals surface area contributed by atoms with Crippen LogP contribution in [-0.4, -0.2) is 24.5 Å². The maximum atomic E-state index is 6.17. The van der Waals surface area contributed by atoms with Gasteiger partial charge in [0.05, 0.1) is 11.8 Å². The molecule has 0 atom stereocenters. The third-order valence-corrected chi connectivity index (χ3v) is 5.28. The van der Waals surface area contributed by atoms with E-state index in [1.54, 1.807) is 6.20 Å². The van der Waals surface area contributed by atoms with Gasteiger partial charge in [-0.2, -0.15) is 9.97 Å². The molecule has 7 nitrogen and oxygen atoms in total. The molecule has 27 heavy (non-hydrogen) atoms. The fourth-order valence-corrected chi connectivity index (χ4v) is 3.90. The van der Waals surface area contributed by atoms with Gasteiger partial charge in [0.15, 0.2) is 11.5 Å². The van der Waals surface area contributed by atoms with Crippen LogP contribution in [0.25, 0.3) is 22.1 Å². The van der Waals surface area contributed by atoms with E-state index in [-0.39, 0.29) is 0 Å². The standard InChI is InChI=1S/C20H21N7/c21-18-17-19(27(12-23-17)15-6-2-1-3-7-15)26-20(25-18)24-14-8-9-16-13(11-14)5-4-10-22-16/h4-5,8-12,15H,1-3,6-7H2,(H3,21,24,25,26). The molecule has 1 saturated carbocycles. The van der Waals surface area contributed by atoms with Gasteiger partial charge in [-0.05, 0) is 37.1 Å². The number of rotatable bonds is 3. The number of anilines is 3. The second-order valence-electron chi connectivity index (χ2n) is 7.08. The number of pyridine rings is 1. The summed E-state index contributed by atoms with van der Waals surface area (Å²) < 4.78 is 2.17. The number of nitrogens with one attached hydrogen (secondary N) is 1. The summed E-state index contributed by atoms with van der Waals surface area (Å²) in [4.78, 5) is 17.9. The number of nitrogens with two attached hydrogens (primary N) is 1. The first-order valence-corrected chi connectivity index (χ1v) is 9.40. The summed E-state index contributed by atoms with van der Waals surface area (Å²) in [5.41, 5.74) is 9.50. The van der Waals surface area contributed by atoms with Gasteiger partial charge in [0, 0.05) is 23.3 Å². The smallest absolute Gasteiger partial charge is 0.231 e. The van der Waals surface area contributed by atoms with Crippen LogP contribution in [0, 0.1) is 0 Å². The number of imidazole rings is 1. The van der Waals surface area contributed by atoms with Crippen LogP contribution in [0.1, 0.15) is 38.1 Å². The van der Waals surface area contributed by atoms with Crippen LogP contribution < -0.4 is 11.1 Å². The Morgan fingerprint density at radius 2 is 1.93 bits per heavy atom. The topological polar surface area (TPSA) is 94.5 Å². The molecule has 0 spiro atoms. The Balaban J connectivity index is 1.52. The highest BCUT2D eigenvalue weighted by Gasteiger charge is 2.20. The fourth-order valence-electron chi connectivity index (χ4n) is 3.90. The van der Waals surface area contributed by atoms with Crippen molar-refractivity contribution in [2.45, 2.75) is 38.1 Å². The third kappa shape index (κ3) is 2.95. The summed E-state index contributed by atoms with van der Waals surface area (Å²) in [5, 5.41) is 4.34. The number of nitrogens with zero attached hydrogens (tertiary/aromatic N) is 5. The highest BCUT2D eigenvalue weighted by Crippen LogP contribution is 2.31. The Morgan fingerprint density at radius 3 is 2.81 bits per heavy atom. The largest absolute Gasteiger partial charge is 0.382 e. The van der Waals surface area contributed by atoms with E-state index in [1.165, 1.54) is 19.3 Å². The normalized spacial score (nSPS) is 15.4. The van der Waals surface area contributed by atoms with Crippen LogP contribution in [0.15, 0.2) is 42.9 Å². The zero-order valence-corrected chi connectivity index (χ0v) is 15.0. The predicted octanol–water partition coefficient (Wildman–Crippen LogP) is 4.21. The monoisotopic (exact) mass is 359 g/mol. The van der Waals surface area contributed by atoms with Gasteiger partial charge >= 0.3 is 0 Å². The van der Waals surface area contributed by atoms with E-state index in [0.29, 0.717) is 23.3 Å². The van der Waals surface area contributed by atoms with E-state index < -0.39 is 0 Å². The highest BCUT2D eigenvalue weighted by molar-refractivity contribution is 5.85. The molecule has 5 rings (SSSR count). The van der Waals surface area contributed by atoms with Crippen molar-refractivity contribution in [3.63, 3.8) is 0 Å². The van der Waals surface area contributed by atoms with Crippen molar-refractivity contribution in [1.82, 2.24) is 24.5 Å². The summed E-state index contributed by atoms with van der Waals surface area (Å²) in [6, 6.07) is 10.4. The van der Waals surface area contributed by atoms with Crippen molar-refractivity contribution in [2.75, 3.05) is 11.1 Å². The molecule has 1 aliphatic rings. The predicted molar refractivity (Wildman–Crippen MR) is 107 cm³/mol. The van der Waals surface area contributed by atoms with Crippen molar-refractivity contribution in [3.05, 3.63) is 42.9 Å². The molecule has 1 aromatic carbocycles. The highest BCUT2D eigenvalue weighted by atomic mass is 15.2. The number of aromatic nitrogens is 5. The average Bonchev–Trinajstić information content (AvgIpc) is 3.13. The number of hydrogen-bond donors (Lipinski definition) is 2. The fraction of sp³-hybridized carbons (Fsp3) is 0.300. The number of fused-ring (bicyclic) bond motifs is 2. The summed E-state index contributed by atoms with van der Waals surface area (Å²) in [6.07, 6.45) is 9.79. The molecule has 136 valence electrons. The van der Waals surface area contributed by atoms with Crippen molar-refractivity contribution in [3.8, 4) is 0 Å². The molecule has 0 unspecified atom stereocenters. The van der Waals surface area contributed by atoms with Gasteiger partial charge in [0.1, 0.15) is 5.52 Å². The van der Waals surface area contributed by atoms with Crippen molar-refractivity contribution < 1.29 is 0 Å². The first kappa shape index (κ1) is 16.0. The molecular formula is C20H21N7. The molecule has 0 radical (unpaired) electrons. The summed E-state index contributed by atoms with van der Waals surface area (Å²) in [7, 11) is 0. The summed E-state index contributed by atoms with van der Waals surface area (Å²) >= 11 is 0. The number of hydrogen-bond acceptors (Lipinski definition) is 6. The second-order valence-corrected chi connectivity index (χ2v) is 7.08. The Bertz CT molecular complexity index is 1110. The van der Waals surface area contributed by atoms with Crippen LogP contribution in [-0.2, 0) is 0 Å². The van der Waals surface area contributed by atoms with E-state index in [0.717, 1.165) is 35.1 Å². The van der Waals surface area contributed by atoms with Crippen molar-refractivity contribution in [1.29, 1.82) is 0 Å². The Kier molecular flexibility index (Phi) is 3.85. The minimum Gasteiger partial charge on any atom is -0.382 e. The van der Waals surface area contributed by atoms with Crippen LogP contribution in [0.4, 0.5) is 17.5 Å². The van der Waals surface area contributed by atoms with E-state index >= 15 is 0 Å². The molecule has 0 saturated heterocycles. The third-order valence-electron chi connectivity index (χ3n) is 5.28. The van der Waals surface area contributed by atoms with Gasteiger partial charge in [-0.15, -0.1) is 0 Å². The first-order chi connectivity index (χ1) is 13.3. The van der Waals surface area contributed by atoms with Gasteiger partial charge in [-0.25, -0.2) is 4.98 Å². The molecular weight excluding hydrogens is 338 g/mol. The van der Waals surface area contributed by atoms with Gasteiger partial charge in [0.25, 0.3) is 0 Å². The van der Waals surface area contributed by atoms with Gasteiger partial charge in [0.2, 0.25) is 5.95 Å². The summed E-state index contributed by atoms with van der Waals surface area (Å²) in [6.45, 7) is 0. The summed E-state index contributed by atoms with van der Waals surface area (Å²) in [5.74, 6) is 0.889. The molecule has 1 fully saturated rings. The Labute approximate surface area is 156 Å². The Morgan fingerprint density at radius 1 is 1.04 bits per heavy atom. The van der Waals surface area contributed by atoms with E-state index in [2.05, 4.69) is 24.8 Å². The molecule has 0 amide bonds. The lowest BCUT2D eigenvalue weighted by atomic mass is 9.95. The van der Waals surface area contributed by atoms with Gasteiger partial charge in [-0.3, -0.25) is 4.98 Å². The molecule has 3 N–H and O–H groups in total. The van der Waals surface area contributed by atoms with E-state index in [4.69, 9.17) is 10.7 Å². The zero-order valence-electron chi connectivity index (χ0n) is 15.0. The maximum Gasteiger partial charge on any atom is 0.231 e. The van der Waals surface area contributed by atoms with E-state index in [9.17, 15) is 0 Å². The van der Waals surface area contributed by atoms with Crippen LogP contribution in [0.3, 0.4) is 0 Å². The van der Waals surface area contributed by atoms with Crippen LogP contribution in [0.5, 0.6) is 0 Å². The van der Waals surface area contributed by atoms with Crippen LogP contribution in [0.2, 0.25) is 0 Å². The molecule has 3 aromatic heterocycles. The average molecular weight is 359 g/mol. The van der Waals surface area contributed by atoms with Crippen molar-refractivity contribution in [2.24, 2.45) is 0 Å².